The molecule has 1 saturated heterocycles. The molecule has 124 valence electrons. The second-order valence-corrected chi connectivity index (χ2v) is 7.72. The van der Waals surface area contributed by atoms with E-state index in [1.54, 1.807) is 0 Å². The van der Waals surface area contributed by atoms with Crippen LogP contribution in [0.3, 0.4) is 0 Å². The SMILES string of the molecule is O=C1CC(CNS(=O)(=O)c2cccc([N+](=O)[O-])c2)CN1C1CC1. The molecule has 3 rings (SSSR count). The smallest absolute Gasteiger partial charge is 0.270 e. The van der Waals surface area contributed by atoms with Crippen LogP contribution in [0.4, 0.5) is 5.69 Å². The van der Waals surface area contributed by atoms with Crippen LogP contribution in [-0.2, 0) is 14.8 Å². The average molecular weight is 339 g/mol. The number of likely N-dealkylation sites (tertiary alicyclic amines) is 1. The Morgan fingerprint density at radius 3 is 2.74 bits per heavy atom. The quantitative estimate of drug-likeness (QED) is 0.611. The molecule has 0 spiro atoms. The van der Waals surface area contributed by atoms with Crippen LogP contribution in [0.5, 0.6) is 0 Å². The van der Waals surface area contributed by atoms with E-state index in [1.165, 1.54) is 18.2 Å². The third-order valence-electron chi connectivity index (χ3n) is 4.13. The molecule has 23 heavy (non-hydrogen) atoms. The lowest BCUT2D eigenvalue weighted by atomic mass is 10.1. The largest absolute Gasteiger partial charge is 0.339 e. The van der Waals surface area contributed by atoms with Crippen molar-refractivity contribution < 1.29 is 18.1 Å². The maximum Gasteiger partial charge on any atom is 0.270 e. The third-order valence-corrected chi connectivity index (χ3v) is 5.55. The maximum absolute atomic E-state index is 12.2. The minimum atomic E-state index is -3.83. The van der Waals surface area contributed by atoms with E-state index in [4.69, 9.17) is 0 Å². The molecule has 1 saturated carbocycles. The summed E-state index contributed by atoms with van der Waals surface area (Å²) in [5.41, 5.74) is -0.274. The van der Waals surface area contributed by atoms with Crippen LogP contribution in [0.25, 0.3) is 0 Å². The van der Waals surface area contributed by atoms with Gasteiger partial charge in [0, 0.05) is 37.7 Å². The summed E-state index contributed by atoms with van der Waals surface area (Å²) in [6, 6.07) is 5.24. The summed E-state index contributed by atoms with van der Waals surface area (Å²) in [4.78, 5) is 23.6. The lowest BCUT2D eigenvalue weighted by Gasteiger charge is -2.15. The zero-order chi connectivity index (χ0) is 16.6. The standard InChI is InChI=1S/C14H17N3O5S/c18-14-6-10(9-16(14)11-4-5-11)8-15-23(21,22)13-3-1-2-12(7-13)17(19)20/h1-3,7,10-11,15H,4-6,8-9H2. The first-order valence-electron chi connectivity index (χ1n) is 7.40. The van der Waals surface area contributed by atoms with E-state index in [0.29, 0.717) is 19.0 Å². The van der Waals surface area contributed by atoms with Crippen molar-refractivity contribution >= 4 is 21.6 Å². The molecule has 1 unspecified atom stereocenters. The zero-order valence-electron chi connectivity index (χ0n) is 12.3. The summed E-state index contributed by atoms with van der Waals surface area (Å²) in [7, 11) is -3.83. The lowest BCUT2D eigenvalue weighted by Crippen LogP contribution is -2.32. The third kappa shape index (κ3) is 3.50. The summed E-state index contributed by atoms with van der Waals surface area (Å²) in [6.45, 7) is 0.723. The Hall–Kier alpha value is -2.00. The van der Waals surface area contributed by atoms with Crippen LogP contribution in [0.1, 0.15) is 19.3 Å². The first-order chi connectivity index (χ1) is 10.9. The van der Waals surface area contributed by atoms with Gasteiger partial charge in [0.2, 0.25) is 15.9 Å². The molecular formula is C14H17N3O5S. The summed E-state index contributed by atoms with van der Waals surface area (Å²) in [5.74, 6) is 0.0172. The van der Waals surface area contributed by atoms with Crippen LogP contribution in [0.15, 0.2) is 29.2 Å². The normalized spacial score (nSPS) is 21.7. The predicted octanol–water partition coefficient (Wildman–Crippen LogP) is 0.884. The van der Waals surface area contributed by atoms with Crippen molar-refractivity contribution in [1.29, 1.82) is 0 Å². The fourth-order valence-corrected chi connectivity index (χ4v) is 3.91. The summed E-state index contributed by atoms with van der Waals surface area (Å²) in [5, 5.41) is 10.7. The van der Waals surface area contributed by atoms with Crippen molar-refractivity contribution in [3.8, 4) is 0 Å². The van der Waals surface area contributed by atoms with Gasteiger partial charge >= 0.3 is 0 Å². The number of nitrogens with one attached hydrogen (secondary N) is 1. The van der Waals surface area contributed by atoms with Gasteiger partial charge in [-0.25, -0.2) is 13.1 Å². The minimum absolute atomic E-state index is 0.0587. The second kappa shape index (κ2) is 5.89. The molecule has 1 aromatic carbocycles. The number of carbonyl (C=O) groups is 1. The van der Waals surface area contributed by atoms with Crippen molar-refractivity contribution in [2.75, 3.05) is 13.1 Å². The van der Waals surface area contributed by atoms with E-state index in [9.17, 15) is 23.3 Å². The number of hydrogen-bond donors (Lipinski definition) is 1. The highest BCUT2D eigenvalue weighted by atomic mass is 32.2. The molecule has 1 heterocycles. The van der Waals surface area contributed by atoms with Crippen LogP contribution in [0, 0.1) is 16.0 Å². The van der Waals surface area contributed by atoms with Gasteiger partial charge in [0.05, 0.1) is 9.82 Å². The molecular weight excluding hydrogens is 322 g/mol. The van der Waals surface area contributed by atoms with E-state index in [2.05, 4.69) is 4.72 Å². The number of hydrogen-bond acceptors (Lipinski definition) is 5. The predicted molar refractivity (Wildman–Crippen MR) is 81.1 cm³/mol. The molecule has 0 radical (unpaired) electrons. The van der Waals surface area contributed by atoms with E-state index in [1.807, 2.05) is 4.90 Å². The molecule has 1 aliphatic heterocycles. The Balaban J connectivity index is 1.64. The van der Waals surface area contributed by atoms with Crippen molar-refractivity contribution in [1.82, 2.24) is 9.62 Å². The van der Waals surface area contributed by atoms with Gasteiger partial charge in [0.25, 0.3) is 5.69 Å². The van der Waals surface area contributed by atoms with Crippen molar-refractivity contribution in [3.05, 3.63) is 34.4 Å². The number of nitro benzene ring substituents is 1. The molecule has 1 aromatic rings. The van der Waals surface area contributed by atoms with E-state index < -0.39 is 14.9 Å². The number of sulfonamides is 1. The lowest BCUT2D eigenvalue weighted by molar-refractivity contribution is -0.385. The highest BCUT2D eigenvalue weighted by Gasteiger charge is 2.39. The molecule has 0 aromatic heterocycles. The van der Waals surface area contributed by atoms with Gasteiger partial charge in [-0.15, -0.1) is 0 Å². The van der Waals surface area contributed by atoms with Gasteiger partial charge in [0.1, 0.15) is 0 Å². The Kier molecular flexibility index (Phi) is 4.07. The highest BCUT2D eigenvalue weighted by molar-refractivity contribution is 7.89. The van der Waals surface area contributed by atoms with E-state index in [0.717, 1.165) is 18.9 Å². The molecule has 8 nitrogen and oxygen atoms in total. The fraction of sp³-hybridized carbons (Fsp3) is 0.500. The summed E-state index contributed by atoms with van der Waals surface area (Å²) < 4.78 is 26.9. The minimum Gasteiger partial charge on any atom is -0.339 e. The van der Waals surface area contributed by atoms with Crippen molar-refractivity contribution in [3.63, 3.8) is 0 Å². The van der Waals surface area contributed by atoms with Gasteiger partial charge in [0.15, 0.2) is 0 Å². The van der Waals surface area contributed by atoms with Gasteiger partial charge in [-0.05, 0) is 24.8 Å². The highest BCUT2D eigenvalue weighted by Crippen LogP contribution is 2.32. The number of nitro groups is 1. The van der Waals surface area contributed by atoms with Gasteiger partial charge in [-0.1, -0.05) is 6.07 Å². The van der Waals surface area contributed by atoms with E-state index >= 15 is 0 Å². The molecule has 9 heteroatoms. The van der Waals surface area contributed by atoms with Gasteiger partial charge in [-0.2, -0.15) is 0 Å². The summed E-state index contributed by atoms with van der Waals surface area (Å²) in [6.07, 6.45) is 2.39. The first-order valence-corrected chi connectivity index (χ1v) is 8.89. The summed E-state index contributed by atoms with van der Waals surface area (Å²) >= 11 is 0. The molecule has 1 amide bonds. The van der Waals surface area contributed by atoms with Crippen LogP contribution in [0.2, 0.25) is 0 Å². The average Bonchev–Trinajstić information content (AvgIpc) is 3.29. The fourth-order valence-electron chi connectivity index (χ4n) is 2.76. The zero-order valence-corrected chi connectivity index (χ0v) is 13.2. The van der Waals surface area contributed by atoms with E-state index in [-0.39, 0.29) is 29.0 Å². The Morgan fingerprint density at radius 2 is 2.09 bits per heavy atom. The molecule has 1 aliphatic carbocycles. The Labute approximate surface area is 133 Å². The number of nitrogens with zero attached hydrogens (tertiary/aromatic N) is 2. The number of carbonyl (C=O) groups excluding carboxylic acids is 1. The molecule has 2 aliphatic rings. The molecule has 0 bridgehead atoms. The van der Waals surface area contributed by atoms with Gasteiger partial charge < -0.3 is 4.90 Å². The van der Waals surface area contributed by atoms with Crippen LogP contribution >= 0.6 is 0 Å². The molecule has 1 atom stereocenters. The van der Waals surface area contributed by atoms with Crippen LogP contribution < -0.4 is 4.72 Å². The maximum atomic E-state index is 12.2. The Bertz CT molecular complexity index is 745. The molecule has 1 N–H and O–H groups in total. The van der Waals surface area contributed by atoms with Gasteiger partial charge in [-0.3, -0.25) is 14.9 Å². The number of amides is 1. The second-order valence-electron chi connectivity index (χ2n) is 5.95. The number of benzene rings is 1. The van der Waals surface area contributed by atoms with Crippen molar-refractivity contribution in [2.24, 2.45) is 5.92 Å². The first kappa shape index (κ1) is 15.9. The van der Waals surface area contributed by atoms with Crippen LogP contribution in [-0.4, -0.2) is 43.3 Å². The molecule has 2 fully saturated rings. The van der Waals surface area contributed by atoms with Crippen molar-refractivity contribution in [2.45, 2.75) is 30.2 Å². The monoisotopic (exact) mass is 339 g/mol. The number of rotatable bonds is 6. The Morgan fingerprint density at radius 1 is 1.35 bits per heavy atom. The number of non-ortho nitro benzene ring substituents is 1. The topological polar surface area (TPSA) is 110 Å².